The molecule has 1 aliphatic rings. The predicted molar refractivity (Wildman–Crippen MR) is 188 cm³/mol. The van der Waals surface area contributed by atoms with Gasteiger partial charge in [-0.05, 0) is 67.3 Å². The lowest BCUT2D eigenvalue weighted by Crippen LogP contribution is -2.45. The van der Waals surface area contributed by atoms with E-state index < -0.39 is 41.4 Å². The van der Waals surface area contributed by atoms with Crippen molar-refractivity contribution < 1.29 is 28.8 Å². The monoisotopic (exact) mass is 675 g/mol. The van der Waals surface area contributed by atoms with Crippen LogP contribution in [0.5, 0.6) is 11.5 Å². The molecule has 4 unspecified atom stereocenters. The summed E-state index contributed by atoms with van der Waals surface area (Å²) >= 11 is 4.71. The quantitative estimate of drug-likeness (QED) is 0.127. The average molecular weight is 676 g/mol. The van der Waals surface area contributed by atoms with Crippen molar-refractivity contribution in [1.29, 1.82) is 0 Å². The highest BCUT2D eigenvalue weighted by molar-refractivity contribution is 7.81. The first-order valence-corrected chi connectivity index (χ1v) is 16.3. The summed E-state index contributed by atoms with van der Waals surface area (Å²) in [6, 6.07) is 26.7. The second kappa shape index (κ2) is 14.3. The largest absolute Gasteiger partial charge is 0.497 e. The molecular formula is C37H45N3O7S. The molecule has 0 bridgehead atoms. The van der Waals surface area contributed by atoms with E-state index in [0.717, 1.165) is 16.7 Å². The zero-order valence-corrected chi connectivity index (χ0v) is 29.1. The molecule has 2 heterocycles. The van der Waals surface area contributed by atoms with Gasteiger partial charge in [-0.25, -0.2) is 4.79 Å². The molecule has 0 saturated carbocycles. The van der Waals surface area contributed by atoms with Gasteiger partial charge in [-0.1, -0.05) is 68.4 Å². The SMILES string of the molecule is COc1ccc(C(OCC2OC(n3ccc(N)nc3=O)C(OC(C)(C)CC(C)(C)S)C2O)(c2ccccc2)c2ccc(OC)cc2)cc1. The van der Waals surface area contributed by atoms with E-state index in [0.29, 0.717) is 17.9 Å². The number of aromatic nitrogens is 2. The van der Waals surface area contributed by atoms with Gasteiger partial charge in [0.05, 0.1) is 26.4 Å². The maximum absolute atomic E-state index is 13.0. The highest BCUT2D eigenvalue weighted by Crippen LogP contribution is 2.43. The number of ether oxygens (including phenoxy) is 5. The van der Waals surface area contributed by atoms with Crippen molar-refractivity contribution >= 4 is 18.4 Å². The number of hydrogen-bond donors (Lipinski definition) is 3. The molecule has 48 heavy (non-hydrogen) atoms. The lowest BCUT2D eigenvalue weighted by Gasteiger charge is -2.37. The van der Waals surface area contributed by atoms with E-state index in [9.17, 15) is 9.90 Å². The van der Waals surface area contributed by atoms with Crippen LogP contribution in [0.3, 0.4) is 0 Å². The maximum atomic E-state index is 13.0. The molecule has 1 aromatic heterocycles. The Balaban J connectivity index is 1.57. The van der Waals surface area contributed by atoms with E-state index in [-0.39, 0.29) is 17.2 Å². The molecule has 0 aliphatic carbocycles. The summed E-state index contributed by atoms with van der Waals surface area (Å²) in [6.45, 7) is 7.77. The Kier molecular flexibility index (Phi) is 10.6. The van der Waals surface area contributed by atoms with Crippen molar-refractivity contribution in [3.63, 3.8) is 0 Å². The van der Waals surface area contributed by atoms with E-state index >= 15 is 0 Å². The number of nitrogen functional groups attached to an aromatic ring is 1. The van der Waals surface area contributed by atoms with Crippen LogP contribution in [0, 0.1) is 0 Å². The van der Waals surface area contributed by atoms with Gasteiger partial charge in [-0.15, -0.1) is 0 Å². The Morgan fingerprint density at radius 2 is 1.42 bits per heavy atom. The summed E-state index contributed by atoms with van der Waals surface area (Å²) in [6.07, 6.45) is -1.97. The van der Waals surface area contributed by atoms with Gasteiger partial charge in [0, 0.05) is 10.9 Å². The van der Waals surface area contributed by atoms with Crippen LogP contribution < -0.4 is 20.9 Å². The third-order valence-corrected chi connectivity index (χ3v) is 8.55. The molecule has 1 saturated heterocycles. The highest BCUT2D eigenvalue weighted by Gasteiger charge is 2.50. The minimum Gasteiger partial charge on any atom is -0.497 e. The van der Waals surface area contributed by atoms with Crippen LogP contribution in [0.4, 0.5) is 5.82 Å². The van der Waals surface area contributed by atoms with E-state index in [1.54, 1.807) is 14.2 Å². The van der Waals surface area contributed by atoms with Crippen molar-refractivity contribution in [1.82, 2.24) is 9.55 Å². The molecule has 5 rings (SSSR count). The fraction of sp³-hybridized carbons (Fsp3) is 0.405. The fourth-order valence-electron chi connectivity index (χ4n) is 6.56. The predicted octanol–water partition coefficient (Wildman–Crippen LogP) is 5.37. The van der Waals surface area contributed by atoms with Crippen LogP contribution in [0.25, 0.3) is 0 Å². The third kappa shape index (κ3) is 7.71. The topological polar surface area (TPSA) is 127 Å². The van der Waals surface area contributed by atoms with E-state index in [1.807, 2.05) is 107 Å². The van der Waals surface area contributed by atoms with Crippen LogP contribution in [-0.4, -0.2) is 64.1 Å². The summed E-state index contributed by atoms with van der Waals surface area (Å²) in [4.78, 5) is 16.9. The molecule has 3 N–H and O–H groups in total. The van der Waals surface area contributed by atoms with Crippen molar-refractivity contribution in [2.75, 3.05) is 26.6 Å². The number of rotatable bonds is 13. The molecule has 0 amide bonds. The van der Waals surface area contributed by atoms with Gasteiger partial charge >= 0.3 is 5.69 Å². The molecule has 4 aromatic rings. The summed E-state index contributed by atoms with van der Waals surface area (Å²) in [5.74, 6) is 1.47. The maximum Gasteiger partial charge on any atom is 0.351 e. The Bertz CT molecular complexity index is 1660. The van der Waals surface area contributed by atoms with Crippen LogP contribution in [-0.2, 0) is 19.8 Å². The number of hydrogen-bond acceptors (Lipinski definition) is 10. The minimum atomic E-state index is -1.18. The lowest BCUT2D eigenvalue weighted by atomic mass is 9.80. The molecule has 11 heteroatoms. The molecule has 0 spiro atoms. The summed E-state index contributed by atoms with van der Waals surface area (Å²) in [7, 11) is 3.24. The van der Waals surface area contributed by atoms with Crippen molar-refractivity contribution in [3.8, 4) is 11.5 Å². The summed E-state index contributed by atoms with van der Waals surface area (Å²) in [5.41, 5.74) is 5.80. The molecule has 1 aliphatic heterocycles. The number of thiol groups is 1. The van der Waals surface area contributed by atoms with Crippen molar-refractivity contribution in [2.24, 2.45) is 0 Å². The first-order chi connectivity index (χ1) is 22.8. The molecule has 0 radical (unpaired) electrons. The minimum absolute atomic E-state index is 0.0693. The number of methoxy groups -OCH3 is 2. The van der Waals surface area contributed by atoms with Gasteiger partial charge in [0.1, 0.15) is 41.2 Å². The van der Waals surface area contributed by atoms with E-state index in [4.69, 9.17) is 42.0 Å². The normalized spacial score (nSPS) is 20.1. The standard InChI is InChI=1S/C37H45N3O7S/c1-35(2,23-36(3,4)48)47-32-31(41)29(46-33(32)40-21-20-30(38)39-34(40)42)22-45-37(24-10-8-7-9-11-24,25-12-16-27(43-5)17-13-25)26-14-18-28(44-6)19-15-26/h7-21,29,31-33,41,48H,22-23H2,1-6H3,(H2,38,39,42). The number of benzene rings is 3. The number of nitrogens with zero attached hydrogens (tertiary/aromatic N) is 2. The summed E-state index contributed by atoms with van der Waals surface area (Å²) in [5, 5.41) is 11.9. The van der Waals surface area contributed by atoms with Gasteiger partial charge in [0.25, 0.3) is 0 Å². The van der Waals surface area contributed by atoms with Gasteiger partial charge in [-0.2, -0.15) is 17.6 Å². The number of aliphatic hydroxyl groups is 1. The zero-order chi connectivity index (χ0) is 34.7. The van der Waals surface area contributed by atoms with E-state index in [2.05, 4.69) is 4.98 Å². The van der Waals surface area contributed by atoms with Gasteiger partial charge in [0.2, 0.25) is 0 Å². The van der Waals surface area contributed by atoms with Crippen molar-refractivity contribution in [2.45, 2.75) is 74.6 Å². The van der Waals surface area contributed by atoms with Gasteiger partial charge < -0.3 is 34.5 Å². The van der Waals surface area contributed by atoms with Crippen molar-refractivity contribution in [3.05, 3.63) is 118 Å². The number of nitrogens with two attached hydrogens (primary N) is 1. The second-order valence-corrected chi connectivity index (χ2v) is 14.5. The number of anilines is 1. The Labute approximate surface area is 287 Å². The average Bonchev–Trinajstić information content (AvgIpc) is 3.34. The molecule has 3 aromatic carbocycles. The van der Waals surface area contributed by atoms with Crippen LogP contribution >= 0.6 is 12.6 Å². The van der Waals surface area contributed by atoms with Crippen LogP contribution in [0.1, 0.15) is 57.0 Å². The lowest BCUT2D eigenvalue weighted by molar-refractivity contribution is -0.142. The first-order valence-electron chi connectivity index (χ1n) is 15.8. The fourth-order valence-corrected chi connectivity index (χ4v) is 6.94. The highest BCUT2D eigenvalue weighted by atomic mass is 32.1. The molecule has 256 valence electrons. The zero-order valence-electron chi connectivity index (χ0n) is 28.2. The van der Waals surface area contributed by atoms with Gasteiger partial charge in [-0.3, -0.25) is 4.57 Å². The van der Waals surface area contributed by atoms with Crippen LogP contribution in [0.2, 0.25) is 0 Å². The number of aliphatic hydroxyl groups excluding tert-OH is 1. The van der Waals surface area contributed by atoms with E-state index in [1.165, 1.54) is 16.8 Å². The Morgan fingerprint density at radius 3 is 1.92 bits per heavy atom. The Morgan fingerprint density at radius 1 is 0.875 bits per heavy atom. The Hall–Kier alpha value is -3.87. The third-order valence-electron chi connectivity index (χ3n) is 8.39. The summed E-state index contributed by atoms with van der Waals surface area (Å²) < 4.78 is 31.9. The smallest absolute Gasteiger partial charge is 0.351 e. The first kappa shape index (κ1) is 35.4. The molecular weight excluding hydrogens is 630 g/mol. The molecule has 1 fully saturated rings. The van der Waals surface area contributed by atoms with Gasteiger partial charge in [0.15, 0.2) is 6.23 Å². The van der Waals surface area contributed by atoms with Crippen LogP contribution in [0.15, 0.2) is 95.9 Å². The molecule has 10 nitrogen and oxygen atoms in total. The second-order valence-electron chi connectivity index (χ2n) is 13.2. The molecule has 4 atom stereocenters.